The van der Waals surface area contributed by atoms with Crippen LogP contribution in [0.2, 0.25) is 0 Å². The Morgan fingerprint density at radius 1 is 1.21 bits per heavy atom. The van der Waals surface area contributed by atoms with Gasteiger partial charge in [0.1, 0.15) is 11.6 Å². The van der Waals surface area contributed by atoms with Gasteiger partial charge in [-0.3, -0.25) is 0 Å². The summed E-state index contributed by atoms with van der Waals surface area (Å²) in [6, 6.07) is 8.11. The van der Waals surface area contributed by atoms with E-state index in [4.69, 9.17) is 10.3 Å². The molecule has 0 saturated heterocycles. The minimum Gasteiger partial charge on any atom is -0.383 e. The van der Waals surface area contributed by atoms with E-state index in [-0.39, 0.29) is 0 Å². The first-order valence-corrected chi connectivity index (χ1v) is 8.18. The van der Waals surface area contributed by atoms with Crippen LogP contribution < -0.4 is 5.73 Å². The molecular weight excluding hydrogens is 302 g/mol. The van der Waals surface area contributed by atoms with Crippen molar-refractivity contribution in [2.24, 2.45) is 0 Å². The largest absolute Gasteiger partial charge is 0.383 e. The molecule has 2 heterocycles. The van der Waals surface area contributed by atoms with Gasteiger partial charge < -0.3 is 10.3 Å². The zero-order valence-electron chi connectivity index (χ0n) is 13.7. The normalized spacial score (nSPS) is 14.3. The van der Waals surface area contributed by atoms with E-state index in [1.807, 2.05) is 12.1 Å². The van der Waals surface area contributed by atoms with E-state index in [1.165, 1.54) is 5.56 Å². The Labute approximate surface area is 140 Å². The second-order valence-electron chi connectivity index (χ2n) is 6.50. The summed E-state index contributed by atoms with van der Waals surface area (Å²) < 4.78 is 5.41. The van der Waals surface area contributed by atoms with Crippen LogP contribution in [0.4, 0.5) is 5.82 Å². The first-order valence-electron chi connectivity index (χ1n) is 8.18. The molecule has 3 aromatic rings. The summed E-state index contributed by atoms with van der Waals surface area (Å²) in [6.45, 7) is 4.30. The zero-order valence-corrected chi connectivity index (χ0v) is 13.7. The molecule has 0 amide bonds. The first-order chi connectivity index (χ1) is 11.6. The average molecular weight is 321 g/mol. The van der Waals surface area contributed by atoms with Crippen molar-refractivity contribution in [3.8, 4) is 22.8 Å². The maximum atomic E-state index is 6.06. The van der Waals surface area contributed by atoms with Crippen LogP contribution in [0.1, 0.15) is 49.9 Å². The average Bonchev–Trinajstić information content (AvgIpc) is 3.32. The molecular formula is C18H19N5O. The molecule has 0 radical (unpaired) electrons. The van der Waals surface area contributed by atoms with Gasteiger partial charge in [0.05, 0.1) is 5.56 Å². The molecule has 0 atom stereocenters. The molecule has 1 aromatic carbocycles. The minimum absolute atomic E-state index is 0.398. The Balaban J connectivity index is 1.66. The summed E-state index contributed by atoms with van der Waals surface area (Å²) in [4.78, 5) is 13.2. The Morgan fingerprint density at radius 2 is 2.04 bits per heavy atom. The minimum atomic E-state index is 0.398. The van der Waals surface area contributed by atoms with Gasteiger partial charge in [-0.05, 0) is 36.5 Å². The summed E-state index contributed by atoms with van der Waals surface area (Å²) in [5.74, 6) is 2.99. The molecule has 2 N–H and O–H groups in total. The predicted molar refractivity (Wildman–Crippen MR) is 91.2 cm³/mol. The summed E-state index contributed by atoms with van der Waals surface area (Å²) >= 11 is 0. The van der Waals surface area contributed by atoms with Crippen molar-refractivity contribution in [1.82, 2.24) is 20.1 Å². The third-order valence-corrected chi connectivity index (χ3v) is 4.25. The van der Waals surface area contributed by atoms with Gasteiger partial charge >= 0.3 is 0 Å². The Kier molecular flexibility index (Phi) is 3.52. The molecule has 1 saturated carbocycles. The van der Waals surface area contributed by atoms with Gasteiger partial charge in [-0.2, -0.15) is 4.98 Å². The van der Waals surface area contributed by atoms with E-state index in [0.717, 1.165) is 24.2 Å². The summed E-state index contributed by atoms with van der Waals surface area (Å²) in [5, 5.41) is 4.04. The molecule has 1 fully saturated rings. The highest BCUT2D eigenvalue weighted by Gasteiger charge is 2.27. The fraction of sp³-hybridized carbons (Fsp3) is 0.333. The maximum absolute atomic E-state index is 6.06. The van der Waals surface area contributed by atoms with E-state index in [9.17, 15) is 0 Å². The lowest BCUT2D eigenvalue weighted by molar-refractivity contribution is 0.432. The van der Waals surface area contributed by atoms with Crippen LogP contribution >= 0.6 is 0 Å². The van der Waals surface area contributed by atoms with E-state index in [1.54, 1.807) is 6.20 Å². The number of nitrogens with two attached hydrogens (primary N) is 1. The lowest BCUT2D eigenvalue weighted by Gasteiger charge is -2.05. The van der Waals surface area contributed by atoms with Gasteiger partial charge in [0.15, 0.2) is 0 Å². The van der Waals surface area contributed by atoms with Crippen LogP contribution in [0.3, 0.4) is 0 Å². The number of hydrogen-bond donors (Lipinski definition) is 1. The van der Waals surface area contributed by atoms with Gasteiger partial charge in [-0.1, -0.05) is 31.1 Å². The lowest BCUT2D eigenvalue weighted by Crippen LogP contribution is -2.01. The Hall–Kier alpha value is -2.76. The monoisotopic (exact) mass is 321 g/mol. The van der Waals surface area contributed by atoms with Crippen LogP contribution in [-0.2, 0) is 0 Å². The molecule has 0 unspecified atom stereocenters. The number of rotatable bonds is 4. The van der Waals surface area contributed by atoms with Crippen LogP contribution in [0.15, 0.2) is 35.0 Å². The highest BCUT2D eigenvalue weighted by Crippen LogP contribution is 2.38. The van der Waals surface area contributed by atoms with Crippen molar-refractivity contribution in [3.05, 3.63) is 41.9 Å². The maximum Gasteiger partial charge on any atom is 0.258 e. The second-order valence-corrected chi connectivity index (χ2v) is 6.50. The number of nitrogen functional groups attached to an aromatic ring is 1. The van der Waals surface area contributed by atoms with E-state index >= 15 is 0 Å². The summed E-state index contributed by atoms with van der Waals surface area (Å²) in [6.07, 6.45) is 3.96. The van der Waals surface area contributed by atoms with Crippen molar-refractivity contribution in [3.63, 3.8) is 0 Å². The van der Waals surface area contributed by atoms with Crippen molar-refractivity contribution in [2.75, 3.05) is 5.73 Å². The topological polar surface area (TPSA) is 90.7 Å². The molecule has 24 heavy (non-hydrogen) atoms. The van der Waals surface area contributed by atoms with Crippen molar-refractivity contribution in [2.45, 2.75) is 38.5 Å². The fourth-order valence-corrected chi connectivity index (χ4v) is 2.60. The molecule has 1 aliphatic rings. The van der Waals surface area contributed by atoms with Crippen LogP contribution in [0.5, 0.6) is 0 Å². The van der Waals surface area contributed by atoms with Gasteiger partial charge in [0.25, 0.3) is 5.89 Å². The number of nitrogens with zero attached hydrogens (tertiary/aromatic N) is 4. The molecule has 0 spiro atoms. The SMILES string of the molecule is CC(C)c1cccc(-c2nc(-c3cnc(C4CC4)nc3N)no2)c1. The van der Waals surface area contributed by atoms with Crippen molar-refractivity contribution in [1.29, 1.82) is 0 Å². The molecule has 122 valence electrons. The van der Waals surface area contributed by atoms with Gasteiger partial charge in [0.2, 0.25) is 5.82 Å². The molecule has 1 aliphatic carbocycles. The number of hydrogen-bond acceptors (Lipinski definition) is 6. The molecule has 4 rings (SSSR count). The van der Waals surface area contributed by atoms with Crippen molar-refractivity contribution >= 4 is 5.82 Å². The molecule has 6 nitrogen and oxygen atoms in total. The smallest absolute Gasteiger partial charge is 0.258 e. The van der Waals surface area contributed by atoms with Crippen LogP contribution in [0, 0.1) is 0 Å². The third kappa shape index (κ3) is 2.75. The fourth-order valence-electron chi connectivity index (χ4n) is 2.60. The summed E-state index contributed by atoms with van der Waals surface area (Å²) in [7, 11) is 0. The predicted octanol–water partition coefficient (Wildman–Crippen LogP) is 3.78. The van der Waals surface area contributed by atoms with E-state index in [2.05, 4.69) is 46.1 Å². The highest BCUT2D eigenvalue weighted by molar-refractivity contribution is 5.68. The molecule has 2 aromatic heterocycles. The quantitative estimate of drug-likeness (QED) is 0.786. The lowest BCUT2D eigenvalue weighted by atomic mass is 10.0. The van der Waals surface area contributed by atoms with Crippen LogP contribution in [0.25, 0.3) is 22.8 Å². The van der Waals surface area contributed by atoms with Gasteiger partial charge in [-0.25, -0.2) is 9.97 Å². The first kappa shape index (κ1) is 14.8. The van der Waals surface area contributed by atoms with Crippen LogP contribution in [-0.4, -0.2) is 20.1 Å². The summed E-state index contributed by atoms with van der Waals surface area (Å²) in [5.41, 5.74) is 8.79. The van der Waals surface area contributed by atoms with E-state index < -0.39 is 0 Å². The standard InChI is InChI=1S/C18H19N5O/c1-10(2)12-4-3-5-13(8-12)18-22-17(23-24-18)14-9-20-16(11-6-7-11)21-15(14)19/h3-5,8-11H,6-7H2,1-2H3,(H2,19,20,21). The molecule has 6 heteroatoms. The zero-order chi connectivity index (χ0) is 16.7. The number of benzene rings is 1. The third-order valence-electron chi connectivity index (χ3n) is 4.25. The van der Waals surface area contributed by atoms with E-state index in [0.29, 0.717) is 34.9 Å². The second kappa shape index (κ2) is 5.70. The highest BCUT2D eigenvalue weighted by atomic mass is 16.5. The molecule has 0 aliphatic heterocycles. The Morgan fingerprint density at radius 3 is 2.75 bits per heavy atom. The van der Waals surface area contributed by atoms with Gasteiger partial charge in [0, 0.05) is 17.7 Å². The van der Waals surface area contributed by atoms with Crippen molar-refractivity contribution < 1.29 is 4.52 Å². The van der Waals surface area contributed by atoms with Gasteiger partial charge in [-0.15, -0.1) is 0 Å². The number of anilines is 1. The number of aromatic nitrogens is 4. The molecule has 0 bridgehead atoms. The Bertz CT molecular complexity index is 883.